The Balaban J connectivity index is 2.17. The molecular formula is C14H16Cl2N2O. The third-order valence-electron chi connectivity index (χ3n) is 3.54. The number of nitrogens with zero attached hydrogens (tertiary/aromatic N) is 2. The zero-order chi connectivity index (χ0) is 13.4. The van der Waals surface area contributed by atoms with E-state index in [-0.39, 0.29) is 5.38 Å². The summed E-state index contributed by atoms with van der Waals surface area (Å²) < 4.78 is 7.80. The summed E-state index contributed by atoms with van der Waals surface area (Å²) in [5, 5.41) is 0.590. The first-order valence-electron chi connectivity index (χ1n) is 6.56. The minimum atomic E-state index is -0.131. The van der Waals surface area contributed by atoms with Crippen LogP contribution in [0.15, 0.2) is 18.2 Å². The number of fused-ring (bicyclic) bond motifs is 1. The fourth-order valence-electron chi connectivity index (χ4n) is 2.68. The van der Waals surface area contributed by atoms with Crippen molar-refractivity contribution in [2.75, 3.05) is 13.2 Å². The van der Waals surface area contributed by atoms with E-state index in [0.29, 0.717) is 12.6 Å². The molecule has 0 spiro atoms. The second-order valence-electron chi connectivity index (χ2n) is 4.96. The Bertz CT molecular complexity index is 588. The van der Waals surface area contributed by atoms with Gasteiger partial charge in [0.05, 0.1) is 29.1 Å². The summed E-state index contributed by atoms with van der Waals surface area (Å²) in [5.41, 5.74) is 1.99. The molecule has 3 nitrogen and oxygen atoms in total. The first kappa shape index (κ1) is 13.2. The first-order chi connectivity index (χ1) is 9.16. The maximum atomic E-state index is 6.28. The van der Waals surface area contributed by atoms with Crippen LogP contribution < -0.4 is 0 Å². The summed E-state index contributed by atoms with van der Waals surface area (Å²) in [5.74, 6) is 0.898. The second-order valence-corrected chi connectivity index (χ2v) is 6.05. The lowest BCUT2D eigenvalue weighted by atomic mass is 10.1. The summed E-state index contributed by atoms with van der Waals surface area (Å²) in [6.45, 7) is 3.51. The number of hydrogen-bond donors (Lipinski definition) is 0. The molecule has 1 aliphatic heterocycles. The molecule has 0 N–H and O–H groups in total. The standard InChI is InChI=1S/C14H16Cl2N2O/c1-9(15)14-17-12-5-4-10(16)7-13(12)18(14)11-3-2-6-19-8-11/h4-5,7,9,11H,2-3,6,8H2,1H3. The number of benzene rings is 1. The van der Waals surface area contributed by atoms with E-state index >= 15 is 0 Å². The predicted octanol–water partition coefficient (Wildman–Crippen LogP) is 4.34. The maximum Gasteiger partial charge on any atom is 0.128 e. The molecule has 3 rings (SSSR count). The smallest absolute Gasteiger partial charge is 0.128 e. The van der Waals surface area contributed by atoms with Crippen molar-refractivity contribution in [3.05, 3.63) is 29.0 Å². The SMILES string of the molecule is CC(Cl)c1nc2ccc(Cl)cc2n1C1CCCOC1. The van der Waals surface area contributed by atoms with Gasteiger partial charge in [0.25, 0.3) is 0 Å². The van der Waals surface area contributed by atoms with Crippen LogP contribution in [0.25, 0.3) is 11.0 Å². The first-order valence-corrected chi connectivity index (χ1v) is 7.37. The average Bonchev–Trinajstić information content (AvgIpc) is 2.78. The summed E-state index contributed by atoms with van der Waals surface area (Å²) in [7, 11) is 0. The highest BCUT2D eigenvalue weighted by molar-refractivity contribution is 6.31. The van der Waals surface area contributed by atoms with Crippen molar-refractivity contribution in [3.8, 4) is 0 Å². The molecule has 1 aromatic carbocycles. The molecule has 0 radical (unpaired) electrons. The zero-order valence-corrected chi connectivity index (χ0v) is 12.3. The van der Waals surface area contributed by atoms with Gasteiger partial charge in [-0.2, -0.15) is 0 Å². The minimum Gasteiger partial charge on any atom is -0.379 e. The van der Waals surface area contributed by atoms with Crippen LogP contribution in [0.2, 0.25) is 5.02 Å². The molecule has 0 amide bonds. The van der Waals surface area contributed by atoms with Crippen molar-refractivity contribution in [3.63, 3.8) is 0 Å². The molecule has 0 aliphatic carbocycles. The molecule has 19 heavy (non-hydrogen) atoms. The van der Waals surface area contributed by atoms with Crippen LogP contribution in [0.4, 0.5) is 0 Å². The Morgan fingerprint density at radius 3 is 3.00 bits per heavy atom. The summed E-state index contributed by atoms with van der Waals surface area (Å²) in [6.07, 6.45) is 2.16. The molecule has 2 heterocycles. The van der Waals surface area contributed by atoms with E-state index in [1.54, 1.807) is 0 Å². The van der Waals surface area contributed by atoms with Gasteiger partial charge in [-0.15, -0.1) is 11.6 Å². The Labute approximate surface area is 122 Å². The third kappa shape index (κ3) is 2.47. The Morgan fingerprint density at radius 2 is 2.32 bits per heavy atom. The van der Waals surface area contributed by atoms with Crippen molar-refractivity contribution < 1.29 is 4.74 Å². The largest absolute Gasteiger partial charge is 0.379 e. The van der Waals surface area contributed by atoms with Crippen molar-refractivity contribution in [2.45, 2.75) is 31.2 Å². The number of rotatable bonds is 2. The highest BCUT2D eigenvalue weighted by Gasteiger charge is 2.23. The van der Waals surface area contributed by atoms with Gasteiger partial charge in [-0.3, -0.25) is 0 Å². The van der Waals surface area contributed by atoms with Crippen LogP contribution in [0.5, 0.6) is 0 Å². The van der Waals surface area contributed by atoms with Gasteiger partial charge in [-0.1, -0.05) is 11.6 Å². The topological polar surface area (TPSA) is 27.1 Å². The van der Waals surface area contributed by atoms with E-state index in [0.717, 1.165) is 41.3 Å². The van der Waals surface area contributed by atoms with Crippen molar-refractivity contribution in [2.24, 2.45) is 0 Å². The number of imidazole rings is 1. The highest BCUT2D eigenvalue weighted by Crippen LogP contribution is 2.32. The van der Waals surface area contributed by atoms with Crippen molar-refractivity contribution in [1.82, 2.24) is 9.55 Å². The Morgan fingerprint density at radius 1 is 1.47 bits per heavy atom. The van der Waals surface area contributed by atoms with Crippen LogP contribution in [-0.4, -0.2) is 22.8 Å². The van der Waals surface area contributed by atoms with E-state index in [4.69, 9.17) is 27.9 Å². The van der Waals surface area contributed by atoms with Crippen molar-refractivity contribution >= 4 is 34.2 Å². The lowest BCUT2D eigenvalue weighted by Crippen LogP contribution is -2.23. The van der Waals surface area contributed by atoms with Crippen LogP contribution in [0, 0.1) is 0 Å². The average molecular weight is 299 g/mol. The van der Waals surface area contributed by atoms with E-state index in [1.165, 1.54) is 0 Å². The molecule has 2 unspecified atom stereocenters. The highest BCUT2D eigenvalue weighted by atomic mass is 35.5. The van der Waals surface area contributed by atoms with Gasteiger partial charge in [0, 0.05) is 11.6 Å². The fourth-order valence-corrected chi connectivity index (χ4v) is 3.00. The molecule has 1 fully saturated rings. The Hall–Kier alpha value is -0.770. The van der Waals surface area contributed by atoms with E-state index in [2.05, 4.69) is 9.55 Å². The van der Waals surface area contributed by atoms with Gasteiger partial charge in [0.2, 0.25) is 0 Å². The van der Waals surface area contributed by atoms with Gasteiger partial charge >= 0.3 is 0 Å². The second kappa shape index (κ2) is 5.31. The van der Waals surface area contributed by atoms with Gasteiger partial charge in [-0.25, -0.2) is 4.98 Å². The van der Waals surface area contributed by atoms with Crippen molar-refractivity contribution in [1.29, 1.82) is 0 Å². The maximum absolute atomic E-state index is 6.28. The molecular weight excluding hydrogens is 283 g/mol. The molecule has 2 atom stereocenters. The molecule has 0 saturated carbocycles. The zero-order valence-electron chi connectivity index (χ0n) is 10.8. The van der Waals surface area contributed by atoms with E-state index in [1.807, 2.05) is 25.1 Å². The number of ether oxygens (including phenoxy) is 1. The van der Waals surface area contributed by atoms with E-state index in [9.17, 15) is 0 Å². The summed E-state index contributed by atoms with van der Waals surface area (Å²) in [6, 6.07) is 6.07. The number of hydrogen-bond acceptors (Lipinski definition) is 2. The monoisotopic (exact) mass is 298 g/mol. The fraction of sp³-hybridized carbons (Fsp3) is 0.500. The summed E-state index contributed by atoms with van der Waals surface area (Å²) >= 11 is 12.4. The molecule has 5 heteroatoms. The molecule has 2 aromatic rings. The quantitative estimate of drug-likeness (QED) is 0.771. The number of halogens is 2. The molecule has 0 bridgehead atoms. The molecule has 1 aromatic heterocycles. The van der Waals surface area contributed by atoms with E-state index < -0.39 is 0 Å². The normalized spacial score (nSPS) is 21.7. The van der Waals surface area contributed by atoms with Crippen LogP contribution in [0.1, 0.15) is 37.0 Å². The van der Waals surface area contributed by atoms with Gasteiger partial charge in [-0.05, 0) is 38.0 Å². The van der Waals surface area contributed by atoms with Crippen LogP contribution >= 0.6 is 23.2 Å². The third-order valence-corrected chi connectivity index (χ3v) is 3.97. The lowest BCUT2D eigenvalue weighted by Gasteiger charge is -2.26. The molecule has 102 valence electrons. The summed E-state index contributed by atoms with van der Waals surface area (Å²) in [4.78, 5) is 4.65. The minimum absolute atomic E-state index is 0.131. The van der Waals surface area contributed by atoms with Crippen LogP contribution in [-0.2, 0) is 4.74 Å². The number of alkyl halides is 1. The molecule has 1 saturated heterocycles. The van der Waals surface area contributed by atoms with Gasteiger partial charge < -0.3 is 9.30 Å². The molecule has 1 aliphatic rings. The van der Waals surface area contributed by atoms with Gasteiger partial charge in [0.15, 0.2) is 0 Å². The van der Waals surface area contributed by atoms with Gasteiger partial charge in [0.1, 0.15) is 5.82 Å². The number of aromatic nitrogens is 2. The lowest BCUT2D eigenvalue weighted by molar-refractivity contribution is 0.0595. The predicted molar refractivity (Wildman–Crippen MR) is 78.1 cm³/mol. The van der Waals surface area contributed by atoms with Crippen LogP contribution in [0.3, 0.4) is 0 Å². The Kier molecular flexibility index (Phi) is 3.70.